The molecular weight excluding hydrogens is 556 g/mol. The molecule has 0 aliphatic heterocycles. The second-order valence-electron chi connectivity index (χ2n) is 15.0. The van der Waals surface area contributed by atoms with Crippen molar-refractivity contribution in [3.8, 4) is 11.3 Å². The minimum Gasteiger partial charge on any atom is -0.307 e. The van der Waals surface area contributed by atoms with Crippen LogP contribution in [-0.4, -0.2) is 11.0 Å². The molecule has 1 heterocycles. The Morgan fingerprint density at radius 2 is 1.28 bits per heavy atom. The Bertz CT molecular complexity index is 1540. The van der Waals surface area contributed by atoms with Crippen LogP contribution in [0.2, 0.25) is 0 Å². The van der Waals surface area contributed by atoms with E-state index in [9.17, 15) is 0 Å². The van der Waals surface area contributed by atoms with Crippen LogP contribution < -0.4 is 5.32 Å². The van der Waals surface area contributed by atoms with Crippen LogP contribution in [0.25, 0.3) is 22.2 Å². The van der Waals surface area contributed by atoms with Crippen molar-refractivity contribution >= 4 is 10.9 Å². The van der Waals surface area contributed by atoms with Gasteiger partial charge in [-0.3, -0.25) is 0 Å². The summed E-state index contributed by atoms with van der Waals surface area (Å²) >= 11 is 0. The number of para-hydroxylation sites is 1. The van der Waals surface area contributed by atoms with E-state index >= 15 is 0 Å². The van der Waals surface area contributed by atoms with E-state index < -0.39 is 0 Å². The van der Waals surface area contributed by atoms with Crippen molar-refractivity contribution in [1.82, 2.24) is 10.3 Å². The molecule has 2 aliphatic rings. The Labute approximate surface area is 279 Å². The summed E-state index contributed by atoms with van der Waals surface area (Å²) in [5.74, 6) is 0.987. The topological polar surface area (TPSA) is 24.9 Å². The summed E-state index contributed by atoms with van der Waals surface area (Å²) in [6.07, 6.45) is 19.9. The third-order valence-electron chi connectivity index (χ3n) is 11.0. The molecule has 0 spiro atoms. The number of aromatic nitrogens is 1. The number of nitrogens with one attached hydrogen (secondary N) is 1. The smallest absolute Gasteiger partial charge is 0.0744 e. The third-order valence-corrected chi connectivity index (χ3v) is 11.0. The monoisotopic (exact) mass is 614 g/mol. The highest BCUT2D eigenvalue weighted by molar-refractivity contribution is 5.85. The maximum absolute atomic E-state index is 5.52. The molecule has 2 aliphatic carbocycles. The highest BCUT2D eigenvalue weighted by Crippen LogP contribution is 2.39. The number of rotatable bonds is 7. The number of benzene rings is 3. The lowest BCUT2D eigenvalue weighted by Crippen LogP contribution is -2.35. The molecule has 0 saturated heterocycles. The van der Waals surface area contributed by atoms with Crippen molar-refractivity contribution in [2.24, 2.45) is 0 Å². The van der Waals surface area contributed by atoms with E-state index in [1.807, 2.05) is 0 Å². The van der Waals surface area contributed by atoms with Gasteiger partial charge in [-0.25, -0.2) is 4.98 Å². The fraction of sp³-hybridized carbons (Fsp3) is 0.523. The Hall–Kier alpha value is -2.97. The van der Waals surface area contributed by atoms with Gasteiger partial charge in [0.05, 0.1) is 11.2 Å². The number of nitrogens with zero attached hydrogens (tertiary/aromatic N) is 1. The van der Waals surface area contributed by atoms with Crippen molar-refractivity contribution in [2.45, 2.75) is 148 Å². The van der Waals surface area contributed by atoms with Gasteiger partial charge in [-0.2, -0.15) is 0 Å². The van der Waals surface area contributed by atoms with Crippen LogP contribution >= 0.6 is 0 Å². The van der Waals surface area contributed by atoms with E-state index in [0.717, 1.165) is 17.6 Å². The molecule has 4 aromatic rings. The molecule has 1 fully saturated rings. The van der Waals surface area contributed by atoms with Crippen molar-refractivity contribution in [2.75, 3.05) is 0 Å². The van der Waals surface area contributed by atoms with Crippen LogP contribution in [0.3, 0.4) is 0 Å². The third kappa shape index (κ3) is 7.76. The Morgan fingerprint density at radius 1 is 0.652 bits per heavy atom. The molecule has 1 saturated carbocycles. The van der Waals surface area contributed by atoms with E-state index in [0.29, 0.717) is 23.9 Å². The summed E-state index contributed by atoms with van der Waals surface area (Å²) in [5.41, 5.74) is 12.4. The summed E-state index contributed by atoms with van der Waals surface area (Å²) in [5, 5.41) is 5.50. The highest BCUT2D eigenvalue weighted by Gasteiger charge is 2.26. The summed E-state index contributed by atoms with van der Waals surface area (Å²) in [6, 6.07) is 26.3. The molecule has 244 valence electrons. The summed E-state index contributed by atoms with van der Waals surface area (Å²) in [6.45, 7) is 9.31. The van der Waals surface area contributed by atoms with Gasteiger partial charge in [-0.15, -0.1) is 0 Å². The van der Waals surface area contributed by atoms with Gasteiger partial charge < -0.3 is 5.32 Å². The first-order valence-electron chi connectivity index (χ1n) is 18.9. The zero-order valence-electron chi connectivity index (χ0n) is 29.2. The van der Waals surface area contributed by atoms with E-state index in [1.54, 1.807) is 0 Å². The molecule has 0 radical (unpaired) electrons. The fourth-order valence-electron chi connectivity index (χ4n) is 8.49. The molecule has 0 amide bonds. The van der Waals surface area contributed by atoms with Gasteiger partial charge in [0.25, 0.3) is 0 Å². The minimum atomic E-state index is 0.414. The van der Waals surface area contributed by atoms with E-state index in [2.05, 4.69) is 99.7 Å². The van der Waals surface area contributed by atoms with Crippen LogP contribution in [0.15, 0.2) is 66.7 Å². The molecule has 2 heteroatoms. The molecule has 1 N–H and O–H groups in total. The SMILES string of the molecule is CC(C)c1cccc(C(C)C)c1Cc1cccc2ccc(-c3cccc4c3C(NC3CCCCCCCCCCC3)CCC4)nc12. The predicted octanol–water partition coefficient (Wildman–Crippen LogP) is 12.4. The molecule has 0 bridgehead atoms. The van der Waals surface area contributed by atoms with Crippen LogP contribution in [0.1, 0.15) is 162 Å². The lowest BCUT2D eigenvalue weighted by atomic mass is 9.82. The average molecular weight is 615 g/mol. The van der Waals surface area contributed by atoms with Gasteiger partial charge in [0.1, 0.15) is 0 Å². The lowest BCUT2D eigenvalue weighted by molar-refractivity contribution is 0.344. The normalized spacial score (nSPS) is 18.8. The van der Waals surface area contributed by atoms with E-state index in [-0.39, 0.29) is 0 Å². The van der Waals surface area contributed by atoms with Gasteiger partial charge in [0, 0.05) is 29.5 Å². The molecule has 6 rings (SSSR count). The lowest BCUT2D eigenvalue weighted by Gasteiger charge is -2.33. The molecule has 2 nitrogen and oxygen atoms in total. The fourth-order valence-corrected chi connectivity index (χ4v) is 8.49. The second-order valence-corrected chi connectivity index (χ2v) is 15.0. The number of hydrogen-bond acceptors (Lipinski definition) is 2. The molecular formula is C44H58N2. The van der Waals surface area contributed by atoms with Crippen LogP contribution in [0, 0.1) is 0 Å². The number of aryl methyl sites for hydroxylation is 1. The largest absolute Gasteiger partial charge is 0.307 e. The van der Waals surface area contributed by atoms with Crippen molar-refractivity contribution in [3.63, 3.8) is 0 Å². The average Bonchev–Trinajstić information content (AvgIpc) is 3.05. The Balaban J connectivity index is 1.34. The number of fused-ring (bicyclic) bond motifs is 2. The van der Waals surface area contributed by atoms with Gasteiger partial charge in [-0.05, 0) is 83.4 Å². The highest BCUT2D eigenvalue weighted by atomic mass is 15.0. The maximum Gasteiger partial charge on any atom is 0.0744 e. The van der Waals surface area contributed by atoms with Crippen molar-refractivity contribution in [1.29, 1.82) is 0 Å². The first-order valence-corrected chi connectivity index (χ1v) is 18.9. The van der Waals surface area contributed by atoms with Gasteiger partial charge in [-0.1, -0.05) is 146 Å². The van der Waals surface area contributed by atoms with Crippen LogP contribution in [0.5, 0.6) is 0 Å². The van der Waals surface area contributed by atoms with Crippen molar-refractivity contribution in [3.05, 3.63) is 100 Å². The Kier molecular flexibility index (Phi) is 11.3. The maximum atomic E-state index is 5.52. The zero-order chi connectivity index (χ0) is 31.9. The van der Waals surface area contributed by atoms with Crippen molar-refractivity contribution < 1.29 is 0 Å². The molecule has 1 aromatic heterocycles. The number of hydrogen-bond donors (Lipinski definition) is 1. The predicted molar refractivity (Wildman–Crippen MR) is 198 cm³/mol. The van der Waals surface area contributed by atoms with E-state index in [4.69, 9.17) is 4.98 Å². The van der Waals surface area contributed by atoms with Crippen LogP contribution in [0.4, 0.5) is 0 Å². The van der Waals surface area contributed by atoms with E-state index in [1.165, 1.54) is 134 Å². The summed E-state index contributed by atoms with van der Waals surface area (Å²) < 4.78 is 0. The summed E-state index contributed by atoms with van der Waals surface area (Å²) in [7, 11) is 0. The first-order chi connectivity index (χ1) is 22.5. The number of pyridine rings is 1. The van der Waals surface area contributed by atoms with Gasteiger partial charge >= 0.3 is 0 Å². The first kappa shape index (κ1) is 33.0. The minimum absolute atomic E-state index is 0.414. The second kappa shape index (κ2) is 15.7. The van der Waals surface area contributed by atoms with Crippen LogP contribution in [-0.2, 0) is 12.8 Å². The Morgan fingerprint density at radius 3 is 1.96 bits per heavy atom. The molecule has 1 unspecified atom stereocenters. The summed E-state index contributed by atoms with van der Waals surface area (Å²) in [4.78, 5) is 5.52. The van der Waals surface area contributed by atoms with Gasteiger partial charge in [0.15, 0.2) is 0 Å². The molecule has 46 heavy (non-hydrogen) atoms. The quantitative estimate of drug-likeness (QED) is 0.224. The zero-order valence-corrected chi connectivity index (χ0v) is 29.2. The standard InChI is InChI=1S/C44H58N2/c1-31(2)37-24-17-25-38(32(3)4)40(37)30-35-21-14-20-34-28-29-41(46-44(34)35)39-26-15-18-33-19-16-27-42(43(33)39)45-36-22-12-10-8-6-5-7-9-11-13-23-36/h14-15,17-18,20-21,24-26,28-29,31-32,36,42,45H,5-13,16,19,22-23,27,30H2,1-4H3. The molecule has 3 aromatic carbocycles. The molecule has 1 atom stereocenters. The van der Waals surface area contributed by atoms with Gasteiger partial charge in [0.2, 0.25) is 0 Å².